The summed E-state index contributed by atoms with van der Waals surface area (Å²) >= 11 is 0. The number of halogens is 6. The Labute approximate surface area is 232 Å². The fraction of sp³-hybridized carbons (Fsp3) is 0.586. The van der Waals surface area contributed by atoms with Gasteiger partial charge in [0, 0.05) is 8.80 Å². The Balaban J connectivity index is 0.000000403. The van der Waals surface area contributed by atoms with Crippen molar-refractivity contribution in [2.45, 2.75) is 102 Å². The minimum absolute atomic E-state index is 0.318. The maximum Gasteiger partial charge on any atom is 0.416 e. The van der Waals surface area contributed by atoms with Crippen LogP contribution in [0.15, 0.2) is 48.5 Å². The van der Waals surface area contributed by atoms with Gasteiger partial charge in [-0.05, 0) is 53.2 Å². The maximum absolute atomic E-state index is 12.8. The molecule has 2 rings (SSSR count). The van der Waals surface area contributed by atoms with E-state index in [0.717, 1.165) is 36.2 Å². The lowest BCUT2D eigenvalue weighted by Gasteiger charge is -2.36. The summed E-state index contributed by atoms with van der Waals surface area (Å²) in [5.41, 5.74) is 1.02. The van der Waals surface area contributed by atoms with Gasteiger partial charge in [0.05, 0.1) is 18.2 Å². The molecule has 0 amide bonds. The molecular formula is C29H44F6O2Si2. The lowest BCUT2D eigenvalue weighted by atomic mass is 10.1. The Morgan fingerprint density at radius 2 is 1.18 bits per heavy atom. The first-order valence-corrected chi connectivity index (χ1v) is 18.4. The normalized spacial score (nSPS) is 12.7. The van der Waals surface area contributed by atoms with Crippen molar-refractivity contribution in [3.05, 3.63) is 70.8 Å². The summed E-state index contributed by atoms with van der Waals surface area (Å²) in [6.45, 7) is 12.8. The van der Waals surface area contributed by atoms with Gasteiger partial charge in [-0.2, -0.15) is 26.3 Å². The molecule has 0 radical (unpaired) electrons. The van der Waals surface area contributed by atoms with Crippen LogP contribution in [0.3, 0.4) is 0 Å². The van der Waals surface area contributed by atoms with E-state index < -0.39 is 40.6 Å². The van der Waals surface area contributed by atoms with Gasteiger partial charge in [0.2, 0.25) is 8.32 Å². The molecule has 0 aromatic heterocycles. The number of aryl methyl sites for hydroxylation is 2. The van der Waals surface area contributed by atoms with Crippen molar-refractivity contribution in [3.8, 4) is 0 Å². The quantitative estimate of drug-likeness (QED) is 0.105. The molecule has 39 heavy (non-hydrogen) atoms. The van der Waals surface area contributed by atoms with Crippen LogP contribution in [0.4, 0.5) is 26.3 Å². The first-order valence-electron chi connectivity index (χ1n) is 13.6. The highest BCUT2D eigenvalue weighted by Gasteiger charge is 2.43. The third-order valence-electron chi connectivity index (χ3n) is 7.50. The molecule has 0 bridgehead atoms. The molecule has 10 heteroatoms. The van der Waals surface area contributed by atoms with Crippen LogP contribution < -0.4 is 0 Å². The molecule has 0 unspecified atom stereocenters. The Morgan fingerprint density at radius 1 is 0.744 bits per heavy atom. The predicted octanol–water partition coefficient (Wildman–Crippen LogP) is 10.1. The highest BCUT2D eigenvalue weighted by atomic mass is 28.4. The van der Waals surface area contributed by atoms with Crippen molar-refractivity contribution in [2.24, 2.45) is 0 Å². The van der Waals surface area contributed by atoms with Crippen molar-refractivity contribution in [3.63, 3.8) is 0 Å². The number of rotatable bonds is 12. The van der Waals surface area contributed by atoms with Gasteiger partial charge in [0.25, 0.3) is 0 Å². The SMILES string of the molecule is CC[SiH](CC)CCc1cccc(C(F)(F)F)c1.COO[Si](CCc1cccc(C(F)(F)F)c1)(C(C)C)C(C)C. The van der Waals surface area contributed by atoms with Crippen LogP contribution in [0.1, 0.15) is 63.8 Å². The van der Waals surface area contributed by atoms with E-state index in [1.54, 1.807) is 12.1 Å². The average Bonchev–Trinajstić information content (AvgIpc) is 2.86. The van der Waals surface area contributed by atoms with Crippen molar-refractivity contribution in [1.29, 1.82) is 0 Å². The first-order chi connectivity index (χ1) is 18.1. The second-order valence-electron chi connectivity index (χ2n) is 10.6. The van der Waals surface area contributed by atoms with Gasteiger partial charge in [0.1, 0.15) is 0 Å². The van der Waals surface area contributed by atoms with Crippen LogP contribution in [0, 0.1) is 0 Å². The van der Waals surface area contributed by atoms with Crippen LogP contribution in [0.5, 0.6) is 0 Å². The molecule has 0 fully saturated rings. The minimum atomic E-state index is -4.30. The largest absolute Gasteiger partial charge is 0.416 e. The van der Waals surface area contributed by atoms with E-state index in [9.17, 15) is 26.3 Å². The van der Waals surface area contributed by atoms with Gasteiger partial charge in [-0.15, -0.1) is 0 Å². The van der Waals surface area contributed by atoms with Gasteiger partial charge in [-0.25, -0.2) is 0 Å². The summed E-state index contributed by atoms with van der Waals surface area (Å²) in [6.07, 6.45) is -7.16. The first kappa shape index (κ1) is 35.4. The van der Waals surface area contributed by atoms with Gasteiger partial charge in [-0.1, -0.05) is 96.1 Å². The molecule has 0 aliphatic rings. The van der Waals surface area contributed by atoms with Crippen molar-refractivity contribution in [2.75, 3.05) is 7.11 Å². The van der Waals surface area contributed by atoms with Crippen LogP contribution in [0.2, 0.25) is 35.3 Å². The fourth-order valence-electron chi connectivity index (χ4n) is 4.85. The zero-order chi connectivity index (χ0) is 29.9. The molecule has 0 aliphatic heterocycles. The molecule has 2 aromatic rings. The molecule has 0 saturated heterocycles. The van der Waals surface area contributed by atoms with E-state index in [0.29, 0.717) is 23.1 Å². The van der Waals surface area contributed by atoms with Crippen molar-refractivity contribution < 1.29 is 35.8 Å². The maximum atomic E-state index is 12.8. The highest BCUT2D eigenvalue weighted by Crippen LogP contribution is 2.38. The Bertz CT molecular complexity index is 965. The lowest BCUT2D eigenvalue weighted by molar-refractivity contribution is -0.194. The van der Waals surface area contributed by atoms with E-state index >= 15 is 0 Å². The zero-order valence-electron chi connectivity index (χ0n) is 24.2. The second kappa shape index (κ2) is 16.0. The van der Waals surface area contributed by atoms with E-state index in [-0.39, 0.29) is 0 Å². The Morgan fingerprint density at radius 3 is 1.54 bits per heavy atom. The molecule has 0 N–H and O–H groups in total. The standard InChI is InChI=1S/C16H25F3O2Si.C13H19F3Si/c1-12(2)22(13(3)4,21-20-5)10-9-14-7-6-8-15(11-14)16(17,18)19;1-3-17(4-2)9-8-11-6-5-7-12(10-11)13(14,15)16/h6-8,11-13H,9-10H2,1-5H3;5-7,10,17H,3-4,8-9H2,1-2H3. The number of hydrogen-bond acceptors (Lipinski definition) is 2. The Kier molecular flexibility index (Phi) is 14.5. The molecule has 0 saturated carbocycles. The molecule has 0 atom stereocenters. The van der Waals surface area contributed by atoms with E-state index in [1.807, 2.05) is 0 Å². The van der Waals surface area contributed by atoms with E-state index in [1.165, 1.54) is 43.5 Å². The van der Waals surface area contributed by atoms with E-state index in [4.69, 9.17) is 9.46 Å². The number of benzene rings is 2. The summed E-state index contributed by atoms with van der Waals surface area (Å²) in [5.74, 6) is 0. The number of alkyl halides is 6. The fourth-order valence-corrected chi connectivity index (χ4v) is 10.9. The average molecular weight is 595 g/mol. The van der Waals surface area contributed by atoms with Crippen LogP contribution in [-0.2, 0) is 34.7 Å². The number of hydrogen-bond donors (Lipinski definition) is 0. The minimum Gasteiger partial charge on any atom is -0.286 e. The van der Waals surface area contributed by atoms with Gasteiger partial charge >= 0.3 is 12.4 Å². The lowest BCUT2D eigenvalue weighted by Crippen LogP contribution is -2.44. The molecular weight excluding hydrogens is 550 g/mol. The summed E-state index contributed by atoms with van der Waals surface area (Å²) in [4.78, 5) is 4.98. The molecule has 222 valence electrons. The van der Waals surface area contributed by atoms with Crippen molar-refractivity contribution >= 4 is 17.1 Å². The predicted molar refractivity (Wildman–Crippen MR) is 152 cm³/mol. The van der Waals surface area contributed by atoms with Crippen LogP contribution >= 0.6 is 0 Å². The van der Waals surface area contributed by atoms with Gasteiger partial charge in [0.15, 0.2) is 0 Å². The second-order valence-corrected chi connectivity index (χ2v) is 19.5. The van der Waals surface area contributed by atoms with Gasteiger partial charge in [-0.3, -0.25) is 9.46 Å². The van der Waals surface area contributed by atoms with Crippen LogP contribution in [-0.4, -0.2) is 24.2 Å². The zero-order valence-corrected chi connectivity index (χ0v) is 26.3. The topological polar surface area (TPSA) is 18.5 Å². The molecule has 0 aliphatic carbocycles. The van der Waals surface area contributed by atoms with Crippen LogP contribution in [0.25, 0.3) is 0 Å². The summed E-state index contributed by atoms with van der Waals surface area (Å²) in [7, 11) is -1.40. The molecule has 0 heterocycles. The molecule has 2 nitrogen and oxygen atoms in total. The van der Waals surface area contributed by atoms with Crippen molar-refractivity contribution in [1.82, 2.24) is 0 Å². The smallest absolute Gasteiger partial charge is 0.286 e. The monoisotopic (exact) mass is 594 g/mol. The Hall–Kier alpha value is -1.63. The molecule has 2 aromatic carbocycles. The third kappa shape index (κ3) is 11.4. The van der Waals surface area contributed by atoms with Gasteiger partial charge < -0.3 is 0 Å². The summed E-state index contributed by atoms with van der Waals surface area (Å²) in [6, 6.07) is 15.6. The third-order valence-corrected chi connectivity index (χ3v) is 16.3. The molecule has 0 spiro atoms. The van der Waals surface area contributed by atoms with E-state index in [2.05, 4.69) is 41.5 Å². The highest BCUT2D eigenvalue weighted by molar-refractivity contribution is 6.76. The summed E-state index contributed by atoms with van der Waals surface area (Å²) < 4.78 is 81.6. The summed E-state index contributed by atoms with van der Waals surface area (Å²) in [5, 5.41) is 0.